The Balaban J connectivity index is 1.53. The molecule has 0 aliphatic carbocycles. The van der Waals surface area contributed by atoms with Crippen LogP contribution in [0.4, 0.5) is 5.69 Å². The maximum Gasteiger partial charge on any atom is 0.277 e. The highest BCUT2D eigenvalue weighted by Crippen LogP contribution is 2.23. The molecule has 6 heteroatoms. The summed E-state index contributed by atoms with van der Waals surface area (Å²) in [6, 6.07) is 17.4. The Bertz CT molecular complexity index is 829. The molecule has 1 aromatic heterocycles. The van der Waals surface area contributed by atoms with Crippen LogP contribution in [0.25, 0.3) is 11.5 Å². The van der Waals surface area contributed by atoms with Gasteiger partial charge in [0, 0.05) is 11.3 Å². The summed E-state index contributed by atoms with van der Waals surface area (Å²) in [7, 11) is 0. The summed E-state index contributed by atoms with van der Waals surface area (Å²) in [6.07, 6.45) is 0. The highest BCUT2D eigenvalue weighted by Gasteiger charge is 2.11. The molecule has 5 nitrogen and oxygen atoms in total. The van der Waals surface area contributed by atoms with Gasteiger partial charge in [0.2, 0.25) is 11.8 Å². The average molecular weight is 353 g/mol. The number of carbonyl (C=O) groups excluding carboxylic acids is 1. The second-order valence-corrected chi connectivity index (χ2v) is 6.78. The Kier molecular flexibility index (Phi) is 5.50. The maximum absolute atomic E-state index is 12.1. The van der Waals surface area contributed by atoms with E-state index in [1.54, 1.807) is 0 Å². The van der Waals surface area contributed by atoms with Crippen molar-refractivity contribution in [1.82, 2.24) is 10.2 Å². The molecule has 0 saturated heterocycles. The van der Waals surface area contributed by atoms with Gasteiger partial charge in [-0.15, -0.1) is 10.2 Å². The number of thioether (sulfide) groups is 1. The number of amides is 1. The highest BCUT2D eigenvalue weighted by atomic mass is 32.2. The van der Waals surface area contributed by atoms with Crippen LogP contribution in [0.5, 0.6) is 0 Å². The number of aromatic nitrogens is 2. The lowest BCUT2D eigenvalue weighted by Gasteiger charge is -2.07. The molecule has 0 saturated carbocycles. The van der Waals surface area contributed by atoms with E-state index in [0.717, 1.165) is 11.3 Å². The van der Waals surface area contributed by atoms with Crippen molar-refractivity contribution >= 4 is 23.4 Å². The fraction of sp³-hybridized carbons (Fsp3) is 0.211. The molecule has 1 heterocycles. The van der Waals surface area contributed by atoms with Crippen LogP contribution in [-0.4, -0.2) is 21.9 Å². The molecule has 0 aliphatic heterocycles. The Hall–Kier alpha value is -2.60. The number of rotatable bonds is 6. The molecule has 0 fully saturated rings. The summed E-state index contributed by atoms with van der Waals surface area (Å²) >= 11 is 1.22. The van der Waals surface area contributed by atoms with Gasteiger partial charge in [-0.1, -0.05) is 55.9 Å². The molecule has 0 radical (unpaired) electrons. The lowest BCUT2D eigenvalue weighted by Crippen LogP contribution is -2.14. The first kappa shape index (κ1) is 17.2. The Morgan fingerprint density at radius 3 is 2.48 bits per heavy atom. The van der Waals surface area contributed by atoms with E-state index in [4.69, 9.17) is 4.42 Å². The molecule has 2 aromatic carbocycles. The van der Waals surface area contributed by atoms with Crippen LogP contribution >= 0.6 is 11.8 Å². The summed E-state index contributed by atoms with van der Waals surface area (Å²) in [5.41, 5.74) is 2.88. The molecular weight excluding hydrogens is 334 g/mol. The van der Waals surface area contributed by atoms with E-state index in [9.17, 15) is 4.79 Å². The van der Waals surface area contributed by atoms with Crippen LogP contribution in [-0.2, 0) is 4.79 Å². The van der Waals surface area contributed by atoms with Crippen molar-refractivity contribution < 1.29 is 9.21 Å². The van der Waals surface area contributed by atoms with Crippen molar-refractivity contribution in [3.05, 3.63) is 60.2 Å². The first-order valence-electron chi connectivity index (χ1n) is 8.03. The predicted octanol–water partition coefficient (Wildman–Crippen LogP) is 4.59. The molecule has 0 unspecified atom stereocenters. The van der Waals surface area contributed by atoms with Crippen LogP contribution < -0.4 is 5.32 Å². The summed E-state index contributed by atoms with van der Waals surface area (Å²) in [5, 5.41) is 11.2. The molecule has 1 N–H and O–H groups in total. The monoisotopic (exact) mass is 353 g/mol. The predicted molar refractivity (Wildman–Crippen MR) is 99.6 cm³/mol. The quantitative estimate of drug-likeness (QED) is 0.656. The van der Waals surface area contributed by atoms with Crippen molar-refractivity contribution in [2.24, 2.45) is 0 Å². The van der Waals surface area contributed by atoms with E-state index in [-0.39, 0.29) is 11.7 Å². The van der Waals surface area contributed by atoms with E-state index in [2.05, 4.69) is 29.4 Å². The maximum atomic E-state index is 12.1. The zero-order chi connectivity index (χ0) is 17.6. The lowest BCUT2D eigenvalue weighted by atomic mass is 10.0. The van der Waals surface area contributed by atoms with Gasteiger partial charge >= 0.3 is 0 Å². The molecule has 0 atom stereocenters. The van der Waals surface area contributed by atoms with Crippen molar-refractivity contribution in [3.63, 3.8) is 0 Å². The molecule has 1 amide bonds. The number of carbonyl (C=O) groups is 1. The van der Waals surface area contributed by atoms with Gasteiger partial charge in [0.05, 0.1) is 5.75 Å². The van der Waals surface area contributed by atoms with E-state index in [1.807, 2.05) is 54.6 Å². The normalized spacial score (nSPS) is 10.8. The lowest BCUT2D eigenvalue weighted by molar-refractivity contribution is -0.113. The van der Waals surface area contributed by atoms with Crippen LogP contribution in [0.15, 0.2) is 64.2 Å². The molecule has 3 aromatic rings. The molecule has 128 valence electrons. The standard InChI is InChI=1S/C19H19N3O2S/c1-13(2)14-8-10-16(11-9-14)20-17(23)12-25-19-22-21-18(24-19)15-6-4-3-5-7-15/h3-11,13H,12H2,1-2H3,(H,20,23). The minimum absolute atomic E-state index is 0.109. The van der Waals surface area contributed by atoms with Gasteiger partial charge in [-0.2, -0.15) is 0 Å². The second-order valence-electron chi connectivity index (χ2n) is 5.85. The average Bonchev–Trinajstić information content (AvgIpc) is 3.10. The number of anilines is 1. The number of benzene rings is 2. The molecule has 0 spiro atoms. The number of hydrogen-bond donors (Lipinski definition) is 1. The van der Waals surface area contributed by atoms with Gasteiger partial charge in [0.15, 0.2) is 0 Å². The number of nitrogens with one attached hydrogen (secondary N) is 1. The minimum atomic E-state index is -0.109. The van der Waals surface area contributed by atoms with E-state index in [1.165, 1.54) is 17.3 Å². The zero-order valence-electron chi connectivity index (χ0n) is 14.1. The summed E-state index contributed by atoms with van der Waals surface area (Å²) in [5.74, 6) is 1.02. The van der Waals surface area contributed by atoms with Gasteiger partial charge in [-0.25, -0.2) is 0 Å². The number of nitrogens with zero attached hydrogens (tertiary/aromatic N) is 2. The van der Waals surface area contributed by atoms with E-state index >= 15 is 0 Å². The SMILES string of the molecule is CC(C)c1ccc(NC(=O)CSc2nnc(-c3ccccc3)o2)cc1. The first-order chi connectivity index (χ1) is 12.1. The fourth-order valence-corrected chi connectivity index (χ4v) is 2.80. The van der Waals surface area contributed by atoms with Gasteiger partial charge < -0.3 is 9.73 Å². The molecule has 25 heavy (non-hydrogen) atoms. The van der Waals surface area contributed by atoms with E-state index < -0.39 is 0 Å². The molecule has 0 aliphatic rings. The van der Waals surface area contributed by atoms with Crippen molar-refractivity contribution in [2.45, 2.75) is 25.0 Å². The third-order valence-electron chi connectivity index (χ3n) is 3.62. The van der Waals surface area contributed by atoms with Gasteiger partial charge in [0.25, 0.3) is 5.22 Å². The van der Waals surface area contributed by atoms with Gasteiger partial charge in [0.1, 0.15) is 0 Å². The zero-order valence-corrected chi connectivity index (χ0v) is 14.9. The Labute approximate surface area is 150 Å². The Morgan fingerprint density at radius 2 is 1.80 bits per heavy atom. The molecule has 3 rings (SSSR count). The number of hydrogen-bond acceptors (Lipinski definition) is 5. The van der Waals surface area contributed by atoms with Crippen LogP contribution in [0.2, 0.25) is 0 Å². The van der Waals surface area contributed by atoms with Crippen LogP contribution in [0.1, 0.15) is 25.3 Å². The smallest absolute Gasteiger partial charge is 0.277 e. The minimum Gasteiger partial charge on any atom is -0.411 e. The van der Waals surface area contributed by atoms with Crippen LogP contribution in [0.3, 0.4) is 0 Å². The molecular formula is C19H19N3O2S. The van der Waals surface area contributed by atoms with Gasteiger partial charge in [-0.05, 0) is 35.7 Å². The topological polar surface area (TPSA) is 68.0 Å². The van der Waals surface area contributed by atoms with Crippen molar-refractivity contribution in [1.29, 1.82) is 0 Å². The van der Waals surface area contributed by atoms with Gasteiger partial charge in [-0.3, -0.25) is 4.79 Å². The third-order valence-corrected chi connectivity index (χ3v) is 4.43. The summed E-state index contributed by atoms with van der Waals surface area (Å²) in [4.78, 5) is 12.1. The van der Waals surface area contributed by atoms with Crippen LogP contribution in [0, 0.1) is 0 Å². The fourth-order valence-electron chi connectivity index (χ4n) is 2.24. The largest absolute Gasteiger partial charge is 0.411 e. The highest BCUT2D eigenvalue weighted by molar-refractivity contribution is 7.99. The Morgan fingerprint density at radius 1 is 1.08 bits per heavy atom. The summed E-state index contributed by atoms with van der Waals surface area (Å²) < 4.78 is 5.57. The third kappa shape index (κ3) is 4.70. The molecule has 0 bridgehead atoms. The van der Waals surface area contributed by atoms with E-state index in [0.29, 0.717) is 17.0 Å². The summed E-state index contributed by atoms with van der Waals surface area (Å²) in [6.45, 7) is 4.27. The van der Waals surface area contributed by atoms with Crippen molar-refractivity contribution in [2.75, 3.05) is 11.1 Å². The second kappa shape index (κ2) is 7.98. The van der Waals surface area contributed by atoms with Crippen molar-refractivity contribution in [3.8, 4) is 11.5 Å². The first-order valence-corrected chi connectivity index (χ1v) is 9.02.